The molecule has 0 amide bonds. The SMILES string of the molecule is O=C(c1ccc2ccccc2c1)c1cn2c(nn1)nc1ccccc12. The fraction of sp³-hybridized carbons (Fsp3) is 0. The minimum Gasteiger partial charge on any atom is -0.287 e. The summed E-state index contributed by atoms with van der Waals surface area (Å²) in [5.74, 6) is 0.328. The molecule has 0 unspecified atom stereocenters. The molecule has 5 nitrogen and oxygen atoms in total. The van der Waals surface area contributed by atoms with E-state index >= 15 is 0 Å². The van der Waals surface area contributed by atoms with Crippen molar-refractivity contribution >= 4 is 33.4 Å². The molecular formula is C20H12N4O. The molecule has 0 saturated carbocycles. The van der Waals surface area contributed by atoms with Crippen molar-refractivity contribution in [3.05, 3.63) is 84.2 Å². The largest absolute Gasteiger partial charge is 0.287 e. The van der Waals surface area contributed by atoms with E-state index < -0.39 is 0 Å². The molecule has 2 heterocycles. The second-order valence-corrected chi connectivity index (χ2v) is 5.88. The first-order valence-corrected chi connectivity index (χ1v) is 7.94. The summed E-state index contributed by atoms with van der Waals surface area (Å²) >= 11 is 0. The Morgan fingerprint density at radius 2 is 1.64 bits per heavy atom. The van der Waals surface area contributed by atoms with Crippen molar-refractivity contribution in [1.82, 2.24) is 19.6 Å². The molecule has 0 saturated heterocycles. The molecule has 5 rings (SSSR count). The summed E-state index contributed by atoms with van der Waals surface area (Å²) in [6.45, 7) is 0. The lowest BCUT2D eigenvalue weighted by molar-refractivity contribution is 0.103. The zero-order valence-corrected chi connectivity index (χ0v) is 13.1. The third-order valence-electron chi connectivity index (χ3n) is 4.32. The molecular weight excluding hydrogens is 312 g/mol. The van der Waals surface area contributed by atoms with Crippen molar-refractivity contribution in [3.8, 4) is 0 Å². The number of benzene rings is 3. The first-order chi connectivity index (χ1) is 12.3. The van der Waals surface area contributed by atoms with Crippen LogP contribution in [-0.4, -0.2) is 25.4 Å². The van der Waals surface area contributed by atoms with Crippen molar-refractivity contribution < 1.29 is 4.79 Å². The number of carbonyl (C=O) groups excluding carboxylic acids is 1. The fourth-order valence-electron chi connectivity index (χ4n) is 3.06. The Morgan fingerprint density at radius 3 is 2.56 bits per heavy atom. The van der Waals surface area contributed by atoms with E-state index in [4.69, 9.17) is 0 Å². The van der Waals surface area contributed by atoms with E-state index in [0.29, 0.717) is 17.0 Å². The quantitative estimate of drug-likeness (QED) is 0.465. The molecule has 118 valence electrons. The standard InChI is InChI=1S/C20H12N4O/c25-19(15-10-9-13-5-1-2-6-14(13)11-15)17-12-24-18-8-4-3-7-16(18)21-20(24)23-22-17/h1-12H. The van der Waals surface area contributed by atoms with Crippen molar-refractivity contribution in [2.45, 2.75) is 0 Å². The van der Waals surface area contributed by atoms with Gasteiger partial charge in [0.05, 0.1) is 11.0 Å². The van der Waals surface area contributed by atoms with Gasteiger partial charge >= 0.3 is 0 Å². The van der Waals surface area contributed by atoms with Crippen LogP contribution in [0.3, 0.4) is 0 Å². The molecule has 0 N–H and O–H groups in total. The number of rotatable bonds is 2. The number of ketones is 1. The van der Waals surface area contributed by atoms with Crippen molar-refractivity contribution in [3.63, 3.8) is 0 Å². The maximum Gasteiger partial charge on any atom is 0.254 e. The highest BCUT2D eigenvalue weighted by Gasteiger charge is 2.14. The maximum absolute atomic E-state index is 12.9. The Hall–Kier alpha value is -3.60. The molecule has 2 aromatic heterocycles. The zero-order valence-electron chi connectivity index (χ0n) is 13.1. The van der Waals surface area contributed by atoms with E-state index in [2.05, 4.69) is 15.2 Å². The van der Waals surface area contributed by atoms with E-state index in [9.17, 15) is 4.79 Å². The first kappa shape index (κ1) is 13.8. The number of imidazole rings is 1. The number of nitrogens with zero attached hydrogens (tertiary/aromatic N) is 4. The minimum absolute atomic E-state index is 0.155. The zero-order chi connectivity index (χ0) is 16.8. The molecule has 5 heteroatoms. The molecule has 0 radical (unpaired) electrons. The van der Waals surface area contributed by atoms with Gasteiger partial charge in [0.15, 0.2) is 5.69 Å². The third kappa shape index (κ3) is 2.17. The van der Waals surface area contributed by atoms with Crippen LogP contribution in [0.25, 0.3) is 27.6 Å². The van der Waals surface area contributed by atoms with Crippen LogP contribution >= 0.6 is 0 Å². The van der Waals surface area contributed by atoms with E-state index in [0.717, 1.165) is 21.8 Å². The van der Waals surface area contributed by atoms with Gasteiger partial charge in [0, 0.05) is 11.8 Å². The molecule has 0 atom stereocenters. The number of fused-ring (bicyclic) bond motifs is 4. The highest BCUT2D eigenvalue weighted by molar-refractivity contribution is 6.09. The third-order valence-corrected chi connectivity index (χ3v) is 4.32. The normalized spacial score (nSPS) is 11.4. The lowest BCUT2D eigenvalue weighted by Crippen LogP contribution is -2.07. The summed E-state index contributed by atoms with van der Waals surface area (Å²) < 4.78 is 1.80. The summed E-state index contributed by atoms with van der Waals surface area (Å²) in [5, 5.41) is 10.3. The number of hydrogen-bond donors (Lipinski definition) is 0. The average molecular weight is 324 g/mol. The van der Waals surface area contributed by atoms with Gasteiger partial charge in [-0.15, -0.1) is 10.2 Å². The van der Waals surface area contributed by atoms with Gasteiger partial charge in [-0.3, -0.25) is 9.20 Å². The Balaban J connectivity index is 1.65. The van der Waals surface area contributed by atoms with Crippen LogP contribution in [0.4, 0.5) is 0 Å². The van der Waals surface area contributed by atoms with Crippen LogP contribution in [0, 0.1) is 0 Å². The molecule has 0 aliphatic carbocycles. The molecule has 0 bridgehead atoms. The number of aromatic nitrogens is 4. The Kier molecular flexibility index (Phi) is 2.87. The fourth-order valence-corrected chi connectivity index (χ4v) is 3.06. The highest BCUT2D eigenvalue weighted by Crippen LogP contribution is 2.19. The van der Waals surface area contributed by atoms with Crippen molar-refractivity contribution in [2.75, 3.05) is 0 Å². The first-order valence-electron chi connectivity index (χ1n) is 7.94. The molecule has 0 fully saturated rings. The van der Waals surface area contributed by atoms with Crippen LogP contribution in [-0.2, 0) is 0 Å². The van der Waals surface area contributed by atoms with E-state index in [1.165, 1.54) is 0 Å². The molecule has 0 aliphatic heterocycles. The lowest BCUT2D eigenvalue weighted by Gasteiger charge is -2.03. The van der Waals surface area contributed by atoms with E-state index in [1.54, 1.807) is 10.6 Å². The number of hydrogen-bond acceptors (Lipinski definition) is 4. The van der Waals surface area contributed by atoms with Crippen molar-refractivity contribution in [2.24, 2.45) is 0 Å². The Bertz CT molecular complexity index is 1270. The lowest BCUT2D eigenvalue weighted by atomic mass is 10.0. The van der Waals surface area contributed by atoms with Gasteiger partial charge in [0.2, 0.25) is 5.78 Å². The number of para-hydroxylation sites is 2. The van der Waals surface area contributed by atoms with Crippen LogP contribution in [0.2, 0.25) is 0 Å². The Labute approximate surface area is 142 Å². The molecule has 3 aromatic carbocycles. The Morgan fingerprint density at radius 1 is 0.840 bits per heavy atom. The van der Waals surface area contributed by atoms with Gasteiger partial charge in [-0.1, -0.05) is 48.5 Å². The summed E-state index contributed by atoms with van der Waals surface area (Å²) in [5.41, 5.74) is 2.62. The summed E-state index contributed by atoms with van der Waals surface area (Å²) in [6, 6.07) is 21.3. The van der Waals surface area contributed by atoms with E-state index in [1.807, 2.05) is 66.7 Å². The minimum atomic E-state index is -0.155. The van der Waals surface area contributed by atoms with Crippen LogP contribution < -0.4 is 0 Å². The predicted octanol–water partition coefficient (Wildman–Crippen LogP) is 3.66. The van der Waals surface area contributed by atoms with Crippen molar-refractivity contribution in [1.29, 1.82) is 0 Å². The predicted molar refractivity (Wildman–Crippen MR) is 95.7 cm³/mol. The molecule has 5 aromatic rings. The molecule has 0 aliphatic rings. The summed E-state index contributed by atoms with van der Waals surface area (Å²) in [6.07, 6.45) is 1.70. The van der Waals surface area contributed by atoms with Gasteiger partial charge in [0.25, 0.3) is 5.78 Å². The topological polar surface area (TPSA) is 60.2 Å². The van der Waals surface area contributed by atoms with Gasteiger partial charge < -0.3 is 0 Å². The van der Waals surface area contributed by atoms with Crippen LogP contribution in [0.1, 0.15) is 16.1 Å². The van der Waals surface area contributed by atoms with Crippen LogP contribution in [0.5, 0.6) is 0 Å². The van der Waals surface area contributed by atoms with Gasteiger partial charge in [-0.05, 0) is 29.0 Å². The smallest absolute Gasteiger partial charge is 0.254 e. The second kappa shape index (κ2) is 5.21. The number of carbonyl (C=O) groups is 1. The molecule has 25 heavy (non-hydrogen) atoms. The maximum atomic E-state index is 12.9. The van der Waals surface area contributed by atoms with Gasteiger partial charge in [0.1, 0.15) is 0 Å². The van der Waals surface area contributed by atoms with Crippen LogP contribution in [0.15, 0.2) is 72.9 Å². The second-order valence-electron chi connectivity index (χ2n) is 5.88. The van der Waals surface area contributed by atoms with Gasteiger partial charge in [-0.25, -0.2) is 4.98 Å². The summed E-state index contributed by atoms with van der Waals surface area (Å²) in [7, 11) is 0. The van der Waals surface area contributed by atoms with Gasteiger partial charge in [-0.2, -0.15) is 0 Å². The van der Waals surface area contributed by atoms with E-state index in [-0.39, 0.29) is 5.78 Å². The highest BCUT2D eigenvalue weighted by atomic mass is 16.1. The summed E-state index contributed by atoms with van der Waals surface area (Å²) in [4.78, 5) is 17.3. The monoisotopic (exact) mass is 324 g/mol. The average Bonchev–Trinajstić information content (AvgIpc) is 3.05. The molecule has 0 spiro atoms.